The van der Waals surface area contributed by atoms with Crippen molar-refractivity contribution in [3.63, 3.8) is 0 Å². The van der Waals surface area contributed by atoms with Gasteiger partial charge in [-0.05, 0) is 12.1 Å². The van der Waals surface area contributed by atoms with Gasteiger partial charge in [0.2, 0.25) is 11.6 Å². The third kappa shape index (κ3) is 2.40. The Morgan fingerprint density at radius 1 is 1.00 bits per heavy atom. The zero-order chi connectivity index (χ0) is 17.4. The molecule has 1 atom stereocenters. The molecule has 24 heavy (non-hydrogen) atoms. The Bertz CT molecular complexity index is 841. The highest BCUT2D eigenvalue weighted by Gasteiger charge is 2.39. The number of ether oxygens (including phenoxy) is 3. The largest absolute Gasteiger partial charge is 0.507 e. The Hall–Kier alpha value is -3.22. The van der Waals surface area contributed by atoms with Gasteiger partial charge in [-0.15, -0.1) is 0 Å². The number of rotatable bonds is 3. The van der Waals surface area contributed by atoms with Crippen LogP contribution in [0.4, 0.5) is 0 Å². The van der Waals surface area contributed by atoms with Crippen LogP contribution in [0.3, 0.4) is 0 Å². The summed E-state index contributed by atoms with van der Waals surface area (Å²) >= 11 is 0. The Balaban J connectivity index is 2.07. The normalized spacial score (nSPS) is 16.3. The molecule has 2 aromatic carbocycles. The highest BCUT2D eigenvalue weighted by Crippen LogP contribution is 2.41. The molecule has 0 bridgehead atoms. The Kier molecular flexibility index (Phi) is 3.76. The predicted octanol–water partition coefficient (Wildman–Crippen LogP) is 2.00. The van der Waals surface area contributed by atoms with E-state index in [2.05, 4.69) is 0 Å². The van der Waals surface area contributed by atoms with Gasteiger partial charge in [-0.2, -0.15) is 0 Å². The first-order valence-corrected chi connectivity index (χ1v) is 6.99. The lowest BCUT2D eigenvalue weighted by Gasteiger charge is -2.25. The number of ketones is 2. The van der Waals surface area contributed by atoms with Gasteiger partial charge < -0.3 is 24.4 Å². The molecule has 0 radical (unpaired) electrons. The number of hydrogen-bond acceptors (Lipinski definition) is 7. The minimum atomic E-state index is -1.23. The number of fused-ring (bicyclic) bond motifs is 1. The van der Waals surface area contributed by atoms with Crippen molar-refractivity contribution in [3.05, 3.63) is 41.5 Å². The van der Waals surface area contributed by atoms with Crippen LogP contribution in [0, 0.1) is 0 Å². The lowest BCUT2D eigenvalue weighted by molar-refractivity contribution is -0.122. The molecule has 2 aromatic rings. The molecule has 0 spiro atoms. The van der Waals surface area contributed by atoms with Gasteiger partial charge in [0.1, 0.15) is 22.8 Å². The van der Waals surface area contributed by atoms with E-state index in [0.717, 1.165) is 0 Å². The van der Waals surface area contributed by atoms with E-state index in [-0.39, 0.29) is 28.6 Å². The van der Waals surface area contributed by atoms with Crippen molar-refractivity contribution in [3.8, 4) is 28.7 Å². The van der Waals surface area contributed by atoms with Crippen LogP contribution in [-0.2, 0) is 4.79 Å². The Morgan fingerprint density at radius 3 is 2.38 bits per heavy atom. The molecule has 0 fully saturated rings. The fourth-order valence-electron chi connectivity index (χ4n) is 2.53. The Labute approximate surface area is 137 Å². The van der Waals surface area contributed by atoms with E-state index >= 15 is 0 Å². The molecule has 0 saturated carbocycles. The number of phenolic OH excluding ortho intramolecular Hbond substituents is 2. The maximum Gasteiger partial charge on any atom is 0.248 e. The van der Waals surface area contributed by atoms with Gasteiger partial charge in [-0.3, -0.25) is 9.59 Å². The average molecular weight is 330 g/mol. The molecule has 0 saturated heterocycles. The zero-order valence-electron chi connectivity index (χ0n) is 12.9. The summed E-state index contributed by atoms with van der Waals surface area (Å²) in [6.07, 6.45) is -1.23. The third-order valence-corrected chi connectivity index (χ3v) is 3.73. The molecular weight excluding hydrogens is 316 g/mol. The first-order valence-electron chi connectivity index (χ1n) is 6.99. The number of benzene rings is 2. The van der Waals surface area contributed by atoms with E-state index < -0.39 is 23.4 Å². The van der Waals surface area contributed by atoms with Crippen molar-refractivity contribution in [2.75, 3.05) is 14.2 Å². The number of carbonyl (C=O) groups excluding carboxylic acids is 2. The van der Waals surface area contributed by atoms with Crippen LogP contribution < -0.4 is 14.2 Å². The van der Waals surface area contributed by atoms with Gasteiger partial charge in [0.25, 0.3) is 0 Å². The predicted molar refractivity (Wildman–Crippen MR) is 82.0 cm³/mol. The molecule has 1 unspecified atom stereocenters. The second-order valence-electron chi connectivity index (χ2n) is 5.14. The van der Waals surface area contributed by atoms with E-state index in [1.807, 2.05) is 0 Å². The summed E-state index contributed by atoms with van der Waals surface area (Å²) in [5.41, 5.74) is 0.0920. The molecule has 0 aliphatic carbocycles. The van der Waals surface area contributed by atoms with Gasteiger partial charge in [0.15, 0.2) is 17.6 Å². The van der Waals surface area contributed by atoms with Gasteiger partial charge >= 0.3 is 0 Å². The summed E-state index contributed by atoms with van der Waals surface area (Å²) in [7, 11) is 2.79. The van der Waals surface area contributed by atoms with Crippen molar-refractivity contribution >= 4 is 11.6 Å². The maximum atomic E-state index is 12.3. The molecule has 2 N–H and O–H groups in total. The first-order chi connectivity index (χ1) is 11.5. The second-order valence-corrected chi connectivity index (χ2v) is 5.14. The van der Waals surface area contributed by atoms with Crippen LogP contribution in [-0.4, -0.2) is 36.0 Å². The topological polar surface area (TPSA) is 102 Å². The quantitative estimate of drug-likeness (QED) is 0.830. The highest BCUT2D eigenvalue weighted by molar-refractivity contribution is 6.47. The molecule has 1 heterocycles. The highest BCUT2D eigenvalue weighted by atomic mass is 16.5. The van der Waals surface area contributed by atoms with E-state index in [0.29, 0.717) is 5.56 Å². The van der Waals surface area contributed by atoms with Crippen LogP contribution in [0.5, 0.6) is 28.7 Å². The number of aromatic hydroxyl groups is 2. The number of carbonyl (C=O) groups is 2. The summed E-state index contributed by atoms with van der Waals surface area (Å²) in [5, 5.41) is 19.8. The molecule has 124 valence electrons. The molecular formula is C17H14O7. The van der Waals surface area contributed by atoms with E-state index in [1.54, 1.807) is 0 Å². The van der Waals surface area contributed by atoms with Crippen molar-refractivity contribution in [1.29, 1.82) is 0 Å². The maximum absolute atomic E-state index is 12.3. The van der Waals surface area contributed by atoms with Crippen molar-refractivity contribution < 1.29 is 34.0 Å². The van der Waals surface area contributed by atoms with E-state index in [4.69, 9.17) is 14.2 Å². The van der Waals surface area contributed by atoms with Gasteiger partial charge in [-0.25, -0.2) is 0 Å². The van der Waals surface area contributed by atoms with Crippen molar-refractivity contribution in [1.82, 2.24) is 0 Å². The van der Waals surface area contributed by atoms with Crippen molar-refractivity contribution in [2.45, 2.75) is 6.10 Å². The van der Waals surface area contributed by atoms with Gasteiger partial charge in [-0.1, -0.05) is 6.07 Å². The molecule has 3 rings (SSSR count). The monoisotopic (exact) mass is 330 g/mol. The molecule has 0 aromatic heterocycles. The molecule has 7 heteroatoms. The summed E-state index contributed by atoms with van der Waals surface area (Å²) < 4.78 is 15.6. The number of hydrogen-bond donors (Lipinski definition) is 2. The standard InChI is InChI=1S/C17H14O7/c1-22-9-6-11(19)14-13(7-9)24-17(16(21)15(14)20)8-3-4-12(23-2)10(18)5-8/h3-7,17-19H,1-2H3. The van der Waals surface area contributed by atoms with Crippen molar-refractivity contribution in [2.24, 2.45) is 0 Å². The number of Topliss-reactive ketones (excluding diaryl/α,β-unsaturated/α-hetero) is 2. The smallest absolute Gasteiger partial charge is 0.248 e. The summed E-state index contributed by atoms with van der Waals surface area (Å²) in [4.78, 5) is 24.6. The van der Waals surface area contributed by atoms with Crippen LogP contribution >= 0.6 is 0 Å². The minimum absolute atomic E-state index is 0.0387. The van der Waals surface area contributed by atoms with Crippen LogP contribution in [0.15, 0.2) is 30.3 Å². The number of methoxy groups -OCH3 is 2. The average Bonchev–Trinajstić information content (AvgIpc) is 2.57. The molecule has 1 aliphatic heterocycles. The van der Waals surface area contributed by atoms with E-state index in [1.165, 1.54) is 44.6 Å². The van der Waals surface area contributed by atoms with Crippen LogP contribution in [0.25, 0.3) is 0 Å². The minimum Gasteiger partial charge on any atom is -0.507 e. The van der Waals surface area contributed by atoms with E-state index in [9.17, 15) is 19.8 Å². The fourth-order valence-corrected chi connectivity index (χ4v) is 2.53. The molecule has 0 amide bonds. The first kappa shape index (κ1) is 15.7. The van der Waals surface area contributed by atoms with Crippen LogP contribution in [0.1, 0.15) is 22.0 Å². The SMILES string of the molecule is COc1cc(O)c2c(c1)OC(c1ccc(OC)c(O)c1)C(=O)C2=O. The Morgan fingerprint density at radius 2 is 1.75 bits per heavy atom. The summed E-state index contributed by atoms with van der Waals surface area (Å²) in [6.45, 7) is 0. The lowest BCUT2D eigenvalue weighted by Crippen LogP contribution is -2.31. The van der Waals surface area contributed by atoms with Gasteiger partial charge in [0.05, 0.1) is 14.2 Å². The molecule has 7 nitrogen and oxygen atoms in total. The lowest BCUT2D eigenvalue weighted by atomic mass is 9.94. The fraction of sp³-hybridized carbons (Fsp3) is 0.176. The summed E-state index contributed by atoms with van der Waals surface area (Å²) in [6, 6.07) is 6.91. The second kappa shape index (κ2) is 5.77. The third-order valence-electron chi connectivity index (χ3n) is 3.73. The summed E-state index contributed by atoms with van der Waals surface area (Å²) in [5.74, 6) is -1.73. The van der Waals surface area contributed by atoms with Crippen LogP contribution in [0.2, 0.25) is 0 Å². The molecule has 1 aliphatic rings. The zero-order valence-corrected chi connectivity index (χ0v) is 12.9. The van der Waals surface area contributed by atoms with Gasteiger partial charge in [0, 0.05) is 17.7 Å². The number of phenols is 2.